The molecule has 23 heteroatoms. The molecule has 4 rings (SSSR count). The zero-order valence-corrected chi connectivity index (χ0v) is 43.4. The summed E-state index contributed by atoms with van der Waals surface area (Å²) < 4.78 is 28.8. The fourth-order valence-electron chi connectivity index (χ4n) is 9.50. The van der Waals surface area contributed by atoms with Crippen molar-refractivity contribution in [1.29, 1.82) is 0 Å². The molecule has 17 N–H and O–H groups in total. The smallest absolute Gasteiger partial charge is 0.308 e. The first-order chi connectivity index (χ1) is 35.9. The molecule has 432 valence electrons. The number of cyclic esters (lactones) is 1. The van der Waals surface area contributed by atoms with Crippen molar-refractivity contribution in [3.63, 3.8) is 0 Å². The van der Waals surface area contributed by atoms with E-state index in [1.54, 1.807) is 92.8 Å². The summed E-state index contributed by atoms with van der Waals surface area (Å²) in [5.41, 5.74) is 6.10. The Bertz CT molecular complexity index is 1990. The number of aliphatic hydroxyl groups is 14. The Hall–Kier alpha value is -3.64. The van der Waals surface area contributed by atoms with Crippen LogP contribution in [0.4, 0.5) is 0 Å². The number of aliphatic hydroxyl groups excluding tert-OH is 13. The summed E-state index contributed by atoms with van der Waals surface area (Å²) in [7, 11) is 0. The fourth-order valence-corrected chi connectivity index (χ4v) is 9.50. The Morgan fingerprint density at radius 1 is 0.658 bits per heavy atom. The minimum atomic E-state index is -2.46. The third-order valence-electron chi connectivity index (χ3n) is 14.2. The molecular formula is C53H84N2O21. The molecule has 4 aliphatic rings. The van der Waals surface area contributed by atoms with Crippen molar-refractivity contribution in [1.82, 2.24) is 5.32 Å². The molecule has 76 heavy (non-hydrogen) atoms. The van der Waals surface area contributed by atoms with Crippen LogP contribution in [0.25, 0.3) is 0 Å². The number of nitrogens with two attached hydrogens (primary N) is 1. The Morgan fingerprint density at radius 3 is 1.86 bits per heavy atom. The van der Waals surface area contributed by atoms with E-state index in [0.717, 1.165) is 0 Å². The summed E-state index contributed by atoms with van der Waals surface area (Å²) in [4.78, 5) is 26.9. The van der Waals surface area contributed by atoms with Crippen molar-refractivity contribution in [3.8, 4) is 0 Å². The van der Waals surface area contributed by atoms with Gasteiger partial charge < -0.3 is 106 Å². The van der Waals surface area contributed by atoms with Gasteiger partial charge in [0.05, 0.1) is 92.1 Å². The van der Waals surface area contributed by atoms with Crippen LogP contribution in [0.3, 0.4) is 0 Å². The quantitative estimate of drug-likeness (QED) is 0.127. The van der Waals surface area contributed by atoms with E-state index in [0.29, 0.717) is 0 Å². The standard InChI is InChI=1S/C53H84N2O21/c1-28-17-15-13-11-9-7-5-6-8-10-12-14-16-18-35(74-52-48(67)43(54)46(65)31(4)73-52)24-39-42(50(69)55-44-49(68)47(66)40(27-56)75-51(44)70)38(62)26-53(71,76-39)25-34(59)22-37(61)36(60)20-19-32(57)21-33(58)23-41(63)72-30(3)29(2)45(28)64/h5-18,28-40,42-49,51-52,56-62,64-68,70-71H,19-27,54H2,1-4H3,(H,55,69)/t28-,29-,30-,31+,32+,33+,34-,35-,36+,37+,38-,39?,40+,42?,43-,44-,45+,46+,47+,48-,49+,51?,52?,53+/m0/s1. The molecule has 0 aromatic heterocycles. The van der Waals surface area contributed by atoms with Gasteiger partial charge in [0.1, 0.15) is 36.6 Å². The van der Waals surface area contributed by atoms with E-state index in [-0.39, 0.29) is 25.2 Å². The second kappa shape index (κ2) is 31.2. The van der Waals surface area contributed by atoms with Crippen molar-refractivity contribution in [2.75, 3.05) is 6.61 Å². The van der Waals surface area contributed by atoms with Crippen molar-refractivity contribution >= 4 is 11.9 Å². The van der Waals surface area contributed by atoms with E-state index in [1.165, 1.54) is 13.0 Å². The zero-order chi connectivity index (χ0) is 56.4. The molecule has 0 radical (unpaired) electrons. The minimum Gasteiger partial charge on any atom is -0.462 e. The number of ether oxygens (including phenoxy) is 5. The third-order valence-corrected chi connectivity index (χ3v) is 14.2. The topological polar surface area (TPSA) is 402 Å². The van der Waals surface area contributed by atoms with Gasteiger partial charge in [-0.1, -0.05) is 98.9 Å². The van der Waals surface area contributed by atoms with Gasteiger partial charge in [-0.15, -0.1) is 0 Å². The monoisotopic (exact) mass is 1080 g/mol. The molecular weight excluding hydrogens is 1000 g/mol. The highest BCUT2D eigenvalue weighted by Crippen LogP contribution is 2.39. The Morgan fingerprint density at radius 2 is 1.25 bits per heavy atom. The molecule has 4 heterocycles. The van der Waals surface area contributed by atoms with Crippen LogP contribution in [0.5, 0.6) is 0 Å². The lowest BCUT2D eigenvalue weighted by Crippen LogP contribution is -2.66. The number of hydrogen-bond donors (Lipinski definition) is 16. The molecule has 1 amide bonds. The van der Waals surface area contributed by atoms with Gasteiger partial charge >= 0.3 is 5.97 Å². The molecule has 3 fully saturated rings. The molecule has 0 spiro atoms. The molecule has 4 unspecified atom stereocenters. The van der Waals surface area contributed by atoms with E-state index in [2.05, 4.69) is 5.32 Å². The lowest BCUT2D eigenvalue weighted by Gasteiger charge is -2.47. The first kappa shape index (κ1) is 64.9. The fraction of sp³-hybridized carbons (Fsp3) is 0.698. The van der Waals surface area contributed by atoms with Crippen LogP contribution in [0, 0.1) is 17.8 Å². The minimum absolute atomic E-state index is 0.154. The Balaban J connectivity index is 1.65. The molecule has 4 aliphatic heterocycles. The zero-order valence-electron chi connectivity index (χ0n) is 43.4. The van der Waals surface area contributed by atoms with Crippen LogP contribution in [0.15, 0.2) is 85.1 Å². The third kappa shape index (κ3) is 19.6. The first-order valence-corrected chi connectivity index (χ1v) is 25.9. The van der Waals surface area contributed by atoms with E-state index in [4.69, 9.17) is 29.4 Å². The summed E-state index contributed by atoms with van der Waals surface area (Å²) >= 11 is 0. The average Bonchev–Trinajstić information content (AvgIpc) is 3.35. The predicted molar refractivity (Wildman–Crippen MR) is 271 cm³/mol. The number of nitrogens with one attached hydrogen (secondary N) is 1. The van der Waals surface area contributed by atoms with Crippen molar-refractivity contribution < 1.29 is 105 Å². The normalized spacial score (nSPS) is 43.8. The van der Waals surface area contributed by atoms with Crippen LogP contribution in [-0.4, -0.2) is 218 Å². The van der Waals surface area contributed by atoms with Gasteiger partial charge in [-0.25, -0.2) is 0 Å². The second-order valence-electron chi connectivity index (χ2n) is 20.5. The predicted octanol–water partition coefficient (Wildman–Crippen LogP) is -2.46. The van der Waals surface area contributed by atoms with Gasteiger partial charge in [0.2, 0.25) is 5.91 Å². The molecule has 23 nitrogen and oxygen atoms in total. The van der Waals surface area contributed by atoms with Crippen molar-refractivity contribution in [2.45, 2.75) is 207 Å². The highest BCUT2D eigenvalue weighted by molar-refractivity contribution is 5.80. The van der Waals surface area contributed by atoms with Gasteiger partial charge in [0, 0.05) is 37.5 Å². The number of carbonyl (C=O) groups is 2. The lowest BCUT2D eigenvalue weighted by atomic mass is 9.81. The van der Waals surface area contributed by atoms with Crippen LogP contribution in [0.1, 0.15) is 79.1 Å². The largest absolute Gasteiger partial charge is 0.462 e. The first-order valence-electron chi connectivity index (χ1n) is 25.9. The van der Waals surface area contributed by atoms with E-state index < -0.39 is 191 Å². The summed E-state index contributed by atoms with van der Waals surface area (Å²) in [5.74, 6) is -6.76. The van der Waals surface area contributed by atoms with Gasteiger partial charge in [0.15, 0.2) is 18.4 Å². The van der Waals surface area contributed by atoms with Gasteiger partial charge in [0.25, 0.3) is 0 Å². The highest BCUT2D eigenvalue weighted by Gasteiger charge is 2.53. The number of hydrogen-bond acceptors (Lipinski definition) is 22. The van der Waals surface area contributed by atoms with E-state index in [1.807, 2.05) is 6.92 Å². The van der Waals surface area contributed by atoms with E-state index >= 15 is 0 Å². The Labute approximate surface area is 443 Å². The van der Waals surface area contributed by atoms with Crippen LogP contribution in [0.2, 0.25) is 0 Å². The number of fused-ring (bicyclic) bond motifs is 2. The maximum absolute atomic E-state index is 14.2. The number of carbonyl (C=O) groups excluding carboxylic acids is 2. The number of allylic oxidation sites excluding steroid dienone is 12. The molecule has 0 aromatic rings. The molecule has 3 saturated heterocycles. The van der Waals surface area contributed by atoms with Gasteiger partial charge in [-0.05, 0) is 33.1 Å². The summed E-state index contributed by atoms with van der Waals surface area (Å²) in [6.07, 6.45) is -5.57. The average molecular weight is 1090 g/mol. The lowest BCUT2D eigenvalue weighted by molar-refractivity contribution is -0.307. The summed E-state index contributed by atoms with van der Waals surface area (Å²) in [5, 5.41) is 154. The maximum Gasteiger partial charge on any atom is 0.308 e. The highest BCUT2D eigenvalue weighted by atomic mass is 16.7. The number of amides is 1. The Kier molecular flexibility index (Phi) is 26.7. The van der Waals surface area contributed by atoms with Crippen LogP contribution >= 0.6 is 0 Å². The van der Waals surface area contributed by atoms with Crippen LogP contribution in [-0.2, 0) is 33.3 Å². The second-order valence-corrected chi connectivity index (χ2v) is 20.5. The summed E-state index contributed by atoms with van der Waals surface area (Å²) in [6, 6.07) is -2.93. The summed E-state index contributed by atoms with van der Waals surface area (Å²) in [6.45, 7) is 5.88. The molecule has 2 bridgehead atoms. The van der Waals surface area contributed by atoms with Gasteiger partial charge in [-0.3, -0.25) is 9.59 Å². The molecule has 0 aromatic carbocycles. The van der Waals surface area contributed by atoms with E-state index in [9.17, 15) is 81.1 Å². The molecule has 0 saturated carbocycles. The molecule has 24 atom stereocenters. The number of rotatable bonds is 5. The molecule has 0 aliphatic carbocycles. The van der Waals surface area contributed by atoms with Crippen molar-refractivity contribution in [3.05, 3.63) is 85.1 Å². The SMILES string of the molecule is C[C@@H]1[C@H](O)[C@@H](C)C=CC=CC=CC=CC=CC=CC=C[C@H](OC2O[C@H](C)[C@@H](O)[C@H](N)[C@@H]2O)CC2O[C@](O)(C[C@@H](O)C[C@@H](O)[C@H](O)CC[C@@H](O)C[C@@H](O)CC(=O)O[C@H]1C)C[C@H](O)C2C(=O)N[C@@H]1C(O)O[C@H](CO)[C@@H](O)[C@@H]1O. The van der Waals surface area contributed by atoms with Crippen molar-refractivity contribution in [2.24, 2.45) is 23.5 Å². The maximum atomic E-state index is 14.2. The number of esters is 1. The van der Waals surface area contributed by atoms with Gasteiger partial charge in [-0.2, -0.15) is 0 Å². The van der Waals surface area contributed by atoms with Crippen LogP contribution < -0.4 is 11.1 Å².